The van der Waals surface area contributed by atoms with E-state index in [4.69, 9.17) is 9.47 Å². The molecule has 0 aliphatic carbocycles. The van der Waals surface area contributed by atoms with Crippen molar-refractivity contribution in [3.63, 3.8) is 0 Å². The van der Waals surface area contributed by atoms with E-state index >= 15 is 0 Å². The van der Waals surface area contributed by atoms with Crippen LogP contribution < -0.4 is 9.47 Å². The predicted octanol–water partition coefficient (Wildman–Crippen LogP) is 3.27. The Hall–Kier alpha value is -1.48. The average molecular weight is 250 g/mol. The molecule has 0 heterocycles. The summed E-state index contributed by atoms with van der Waals surface area (Å²) in [4.78, 5) is 0. The molecule has 1 aromatic carbocycles. The molecule has 1 aromatic rings. The number of ether oxygens (including phenoxy) is 2. The zero-order valence-corrected chi connectivity index (χ0v) is 11.6. The van der Waals surface area contributed by atoms with Gasteiger partial charge in [0.2, 0.25) is 0 Å². The molecular formula is C15H22O3. The summed E-state index contributed by atoms with van der Waals surface area (Å²) in [5.74, 6) is 1.41. The van der Waals surface area contributed by atoms with Gasteiger partial charge in [0.1, 0.15) is 0 Å². The van der Waals surface area contributed by atoms with Crippen LogP contribution in [0.15, 0.2) is 24.3 Å². The Balaban J connectivity index is 2.71. The Bertz CT molecular complexity index is 403. The number of methoxy groups -OCH3 is 1. The molecule has 0 unspecified atom stereocenters. The van der Waals surface area contributed by atoms with Crippen molar-refractivity contribution in [1.82, 2.24) is 0 Å². The van der Waals surface area contributed by atoms with Gasteiger partial charge in [0.25, 0.3) is 0 Å². The van der Waals surface area contributed by atoms with Crippen molar-refractivity contribution in [3.8, 4) is 11.5 Å². The van der Waals surface area contributed by atoms with Crippen LogP contribution in [0.1, 0.15) is 32.8 Å². The smallest absolute Gasteiger partial charge is 0.161 e. The fourth-order valence-electron chi connectivity index (χ4n) is 1.51. The second-order valence-electron chi connectivity index (χ2n) is 4.82. The van der Waals surface area contributed by atoms with E-state index in [1.807, 2.05) is 37.3 Å². The van der Waals surface area contributed by atoms with E-state index in [9.17, 15) is 5.11 Å². The van der Waals surface area contributed by atoms with Gasteiger partial charge in [0.15, 0.2) is 11.5 Å². The molecule has 0 saturated heterocycles. The van der Waals surface area contributed by atoms with Gasteiger partial charge in [-0.1, -0.05) is 18.2 Å². The third kappa shape index (κ3) is 4.80. The highest BCUT2D eigenvalue weighted by atomic mass is 16.5. The first-order valence-electron chi connectivity index (χ1n) is 6.12. The van der Waals surface area contributed by atoms with Gasteiger partial charge in [-0.25, -0.2) is 0 Å². The van der Waals surface area contributed by atoms with Crippen molar-refractivity contribution < 1.29 is 14.6 Å². The number of hydrogen-bond donors (Lipinski definition) is 1. The molecule has 0 spiro atoms. The van der Waals surface area contributed by atoms with E-state index in [1.54, 1.807) is 21.0 Å². The molecule has 100 valence electrons. The number of aliphatic hydroxyl groups is 1. The highest BCUT2D eigenvalue weighted by molar-refractivity contribution is 5.55. The standard InChI is InChI=1S/C15H22O3/c1-5-6-12-7-8-13(14(11-12)17-4)18-10-9-15(2,3)16/h5-8,11,16H,9-10H2,1-4H3/b6-5-. The van der Waals surface area contributed by atoms with E-state index in [1.165, 1.54) is 0 Å². The topological polar surface area (TPSA) is 38.7 Å². The van der Waals surface area contributed by atoms with Crippen LogP contribution in [0.2, 0.25) is 0 Å². The quantitative estimate of drug-likeness (QED) is 0.842. The zero-order valence-electron chi connectivity index (χ0n) is 11.6. The maximum atomic E-state index is 9.62. The number of rotatable bonds is 6. The Morgan fingerprint density at radius 2 is 2.00 bits per heavy atom. The summed E-state index contributed by atoms with van der Waals surface area (Å²) in [6, 6.07) is 5.79. The average Bonchev–Trinajstić information content (AvgIpc) is 2.29. The molecule has 18 heavy (non-hydrogen) atoms. The normalized spacial score (nSPS) is 11.8. The van der Waals surface area contributed by atoms with E-state index in [-0.39, 0.29) is 0 Å². The van der Waals surface area contributed by atoms with Crippen molar-refractivity contribution in [2.75, 3.05) is 13.7 Å². The fraction of sp³-hybridized carbons (Fsp3) is 0.467. The maximum absolute atomic E-state index is 9.62. The molecule has 0 amide bonds. The maximum Gasteiger partial charge on any atom is 0.161 e. The van der Waals surface area contributed by atoms with E-state index in [0.717, 1.165) is 5.56 Å². The van der Waals surface area contributed by atoms with Gasteiger partial charge in [-0.3, -0.25) is 0 Å². The minimum atomic E-state index is -0.710. The molecule has 0 fully saturated rings. The van der Waals surface area contributed by atoms with Crippen LogP contribution in [0.5, 0.6) is 11.5 Å². The highest BCUT2D eigenvalue weighted by Crippen LogP contribution is 2.29. The minimum absolute atomic E-state index is 0.461. The summed E-state index contributed by atoms with van der Waals surface area (Å²) < 4.78 is 10.9. The van der Waals surface area contributed by atoms with Gasteiger partial charge in [-0.05, 0) is 38.5 Å². The number of benzene rings is 1. The van der Waals surface area contributed by atoms with Crippen molar-refractivity contribution in [3.05, 3.63) is 29.8 Å². The van der Waals surface area contributed by atoms with Gasteiger partial charge in [0, 0.05) is 6.42 Å². The summed E-state index contributed by atoms with van der Waals surface area (Å²) >= 11 is 0. The van der Waals surface area contributed by atoms with Crippen LogP contribution in [-0.4, -0.2) is 24.4 Å². The first-order chi connectivity index (χ1) is 8.46. The molecule has 1 N–H and O–H groups in total. The molecule has 3 heteroatoms. The van der Waals surface area contributed by atoms with Crippen LogP contribution >= 0.6 is 0 Å². The van der Waals surface area contributed by atoms with Crippen molar-refractivity contribution in [2.24, 2.45) is 0 Å². The van der Waals surface area contributed by atoms with Gasteiger partial charge in [-0.2, -0.15) is 0 Å². The Morgan fingerprint density at radius 3 is 2.56 bits per heavy atom. The van der Waals surface area contributed by atoms with Gasteiger partial charge in [0.05, 0.1) is 19.3 Å². The van der Waals surface area contributed by atoms with E-state index in [2.05, 4.69) is 0 Å². The van der Waals surface area contributed by atoms with Crippen LogP contribution in [0.3, 0.4) is 0 Å². The van der Waals surface area contributed by atoms with Gasteiger partial charge >= 0.3 is 0 Å². The SMILES string of the molecule is C/C=C\c1ccc(OCCC(C)(C)O)c(OC)c1. The Morgan fingerprint density at radius 1 is 1.28 bits per heavy atom. The summed E-state index contributed by atoms with van der Waals surface area (Å²) in [5.41, 5.74) is 0.363. The molecule has 0 aromatic heterocycles. The lowest BCUT2D eigenvalue weighted by Gasteiger charge is -2.18. The lowest BCUT2D eigenvalue weighted by molar-refractivity contribution is 0.0549. The summed E-state index contributed by atoms with van der Waals surface area (Å²) in [6.45, 7) is 5.97. The summed E-state index contributed by atoms with van der Waals surface area (Å²) in [5, 5.41) is 9.62. The van der Waals surface area contributed by atoms with Crippen LogP contribution in [0.25, 0.3) is 6.08 Å². The largest absolute Gasteiger partial charge is 0.493 e. The van der Waals surface area contributed by atoms with Crippen molar-refractivity contribution in [1.29, 1.82) is 0 Å². The predicted molar refractivity (Wildman–Crippen MR) is 74.1 cm³/mol. The Labute approximate surface area is 109 Å². The van der Waals surface area contributed by atoms with Crippen LogP contribution in [0.4, 0.5) is 0 Å². The highest BCUT2D eigenvalue weighted by Gasteiger charge is 2.13. The fourth-order valence-corrected chi connectivity index (χ4v) is 1.51. The number of hydrogen-bond acceptors (Lipinski definition) is 3. The van der Waals surface area contributed by atoms with E-state index in [0.29, 0.717) is 24.5 Å². The molecule has 0 aliphatic rings. The molecule has 0 aliphatic heterocycles. The second kappa shape index (κ2) is 6.45. The zero-order chi connectivity index (χ0) is 13.6. The first kappa shape index (κ1) is 14.6. The van der Waals surface area contributed by atoms with Gasteiger partial charge < -0.3 is 14.6 Å². The minimum Gasteiger partial charge on any atom is -0.493 e. The lowest BCUT2D eigenvalue weighted by Crippen LogP contribution is -2.21. The lowest BCUT2D eigenvalue weighted by atomic mass is 10.1. The van der Waals surface area contributed by atoms with Crippen LogP contribution in [0, 0.1) is 0 Å². The Kier molecular flexibility index (Phi) is 5.23. The van der Waals surface area contributed by atoms with E-state index < -0.39 is 5.60 Å². The molecule has 0 radical (unpaired) electrons. The molecular weight excluding hydrogens is 228 g/mol. The third-order valence-corrected chi connectivity index (χ3v) is 2.52. The molecule has 3 nitrogen and oxygen atoms in total. The monoisotopic (exact) mass is 250 g/mol. The van der Waals surface area contributed by atoms with Crippen LogP contribution in [-0.2, 0) is 0 Å². The molecule has 1 rings (SSSR count). The molecule has 0 saturated carbocycles. The molecule has 0 bridgehead atoms. The van der Waals surface area contributed by atoms with Crippen molar-refractivity contribution in [2.45, 2.75) is 32.8 Å². The third-order valence-electron chi connectivity index (χ3n) is 2.52. The first-order valence-corrected chi connectivity index (χ1v) is 6.12. The second-order valence-corrected chi connectivity index (χ2v) is 4.82. The molecule has 0 atom stereocenters. The van der Waals surface area contributed by atoms with Crippen molar-refractivity contribution >= 4 is 6.08 Å². The summed E-state index contributed by atoms with van der Waals surface area (Å²) in [6.07, 6.45) is 4.56. The summed E-state index contributed by atoms with van der Waals surface area (Å²) in [7, 11) is 1.62. The van der Waals surface area contributed by atoms with Gasteiger partial charge in [-0.15, -0.1) is 0 Å². The number of allylic oxidation sites excluding steroid dienone is 1.